The molecule has 1 aliphatic rings. The Balaban J connectivity index is 2.12. The first-order valence-corrected chi connectivity index (χ1v) is 6.31. The first-order chi connectivity index (χ1) is 8.18. The van der Waals surface area contributed by atoms with Gasteiger partial charge in [-0.1, -0.05) is 18.2 Å². The van der Waals surface area contributed by atoms with Gasteiger partial charge in [-0.3, -0.25) is 10.5 Å². The number of carbonyl (C=O) groups excluding carboxylic acids is 1. The lowest BCUT2D eigenvalue weighted by molar-refractivity contribution is -0.402. The van der Waals surface area contributed by atoms with E-state index in [1.807, 2.05) is 42.0 Å². The molecule has 0 saturated carbocycles. The van der Waals surface area contributed by atoms with Crippen LogP contribution in [0.4, 0.5) is 5.69 Å². The van der Waals surface area contributed by atoms with Crippen molar-refractivity contribution in [2.24, 2.45) is 5.73 Å². The average Bonchev–Trinajstić information content (AvgIpc) is 2.75. The van der Waals surface area contributed by atoms with E-state index in [0.717, 1.165) is 12.1 Å². The molecule has 0 amide bonds. The van der Waals surface area contributed by atoms with E-state index in [2.05, 4.69) is 0 Å². The van der Waals surface area contributed by atoms with Gasteiger partial charge in [0.05, 0.1) is 13.7 Å². The summed E-state index contributed by atoms with van der Waals surface area (Å²) in [7, 11) is 1.89. The predicted octanol–water partition coefficient (Wildman–Crippen LogP) is 1.32. The standard InChI is InChI=1S/C12H14N2O2S/c1-14(9-5-3-2-4-6-9)12(13)17-10-7-8-16-11(10)15/h2-6,10,13H,7-8H2,1H3/p+1. The Bertz CT molecular complexity index is 445. The van der Waals surface area contributed by atoms with Crippen LogP contribution in [0, 0.1) is 0 Å². The van der Waals surface area contributed by atoms with E-state index in [-0.39, 0.29) is 11.2 Å². The van der Waals surface area contributed by atoms with Crippen molar-refractivity contribution in [1.82, 2.24) is 0 Å². The number of rotatable bonds is 2. The molecule has 1 aliphatic heterocycles. The molecule has 2 rings (SSSR count). The van der Waals surface area contributed by atoms with Crippen molar-refractivity contribution in [3.8, 4) is 0 Å². The van der Waals surface area contributed by atoms with Crippen LogP contribution in [0.15, 0.2) is 30.3 Å². The molecule has 4 nitrogen and oxygen atoms in total. The zero-order valence-electron chi connectivity index (χ0n) is 9.63. The molecule has 0 aromatic heterocycles. The number of thioether (sulfide) groups is 1. The molecule has 0 bridgehead atoms. The summed E-state index contributed by atoms with van der Waals surface area (Å²) in [5.41, 5.74) is 6.99. The number of carbonyl (C=O) groups is 1. The summed E-state index contributed by atoms with van der Waals surface area (Å²) in [5.74, 6) is -0.167. The molecule has 1 aromatic carbocycles. The molecule has 90 valence electrons. The monoisotopic (exact) mass is 251 g/mol. The van der Waals surface area contributed by atoms with E-state index in [0.29, 0.717) is 11.8 Å². The molecular formula is C12H15N2O2S+. The minimum Gasteiger partial charge on any atom is -0.465 e. The number of hydrogen-bond acceptors (Lipinski definition) is 3. The number of hydrogen-bond donors (Lipinski definition) is 1. The fourth-order valence-corrected chi connectivity index (χ4v) is 2.52. The molecule has 5 heteroatoms. The predicted molar refractivity (Wildman–Crippen MR) is 68.4 cm³/mol. The average molecular weight is 251 g/mol. The minimum atomic E-state index is -0.167. The Morgan fingerprint density at radius 1 is 1.47 bits per heavy atom. The van der Waals surface area contributed by atoms with Crippen molar-refractivity contribution in [3.63, 3.8) is 0 Å². The van der Waals surface area contributed by atoms with Crippen molar-refractivity contribution in [2.75, 3.05) is 13.7 Å². The molecule has 1 fully saturated rings. The van der Waals surface area contributed by atoms with Crippen molar-refractivity contribution < 1.29 is 14.1 Å². The lowest BCUT2D eigenvalue weighted by atomic mass is 10.3. The first kappa shape index (κ1) is 12.0. The van der Waals surface area contributed by atoms with Crippen LogP contribution in [-0.4, -0.2) is 34.6 Å². The molecule has 1 saturated heterocycles. The van der Waals surface area contributed by atoms with Crippen LogP contribution in [-0.2, 0) is 9.53 Å². The number of cyclic esters (lactones) is 1. The third kappa shape index (κ3) is 2.79. The number of benzene rings is 1. The second-order valence-corrected chi connectivity index (χ2v) is 5.02. The molecule has 0 aliphatic carbocycles. The Morgan fingerprint density at radius 3 is 2.76 bits per heavy atom. The zero-order chi connectivity index (χ0) is 12.3. The van der Waals surface area contributed by atoms with Gasteiger partial charge in [0.2, 0.25) is 0 Å². The van der Waals surface area contributed by atoms with E-state index in [9.17, 15) is 4.79 Å². The number of nitrogens with two attached hydrogens (primary N) is 1. The second kappa shape index (κ2) is 5.23. The second-order valence-electron chi connectivity index (χ2n) is 3.80. The SMILES string of the molecule is C[N+](=C(N)SC1CCOC1=O)c1ccccc1. The van der Waals surface area contributed by atoms with E-state index < -0.39 is 0 Å². The zero-order valence-corrected chi connectivity index (χ0v) is 10.4. The molecule has 1 aromatic rings. The van der Waals surface area contributed by atoms with Crippen molar-refractivity contribution >= 4 is 28.6 Å². The topological polar surface area (TPSA) is 55.3 Å². The smallest absolute Gasteiger partial charge is 0.319 e. The van der Waals surface area contributed by atoms with Gasteiger partial charge in [-0.15, -0.1) is 0 Å². The number of ether oxygens (including phenoxy) is 1. The highest BCUT2D eigenvalue weighted by molar-refractivity contribution is 8.14. The van der Waals surface area contributed by atoms with Gasteiger partial charge < -0.3 is 4.74 Å². The Hall–Kier alpha value is -1.49. The van der Waals surface area contributed by atoms with Crippen LogP contribution in [0.25, 0.3) is 0 Å². The van der Waals surface area contributed by atoms with Gasteiger partial charge in [0.1, 0.15) is 10.9 Å². The number of para-hydroxylation sites is 1. The summed E-state index contributed by atoms with van der Waals surface area (Å²) >= 11 is 1.36. The Morgan fingerprint density at radius 2 is 2.18 bits per heavy atom. The fourth-order valence-electron chi connectivity index (χ4n) is 1.59. The van der Waals surface area contributed by atoms with Crippen LogP contribution >= 0.6 is 11.8 Å². The summed E-state index contributed by atoms with van der Waals surface area (Å²) in [6.45, 7) is 0.499. The van der Waals surface area contributed by atoms with Crippen molar-refractivity contribution in [3.05, 3.63) is 30.3 Å². The number of amidine groups is 1. The van der Waals surface area contributed by atoms with Crippen molar-refractivity contribution in [1.29, 1.82) is 0 Å². The van der Waals surface area contributed by atoms with Crippen LogP contribution < -0.4 is 5.73 Å². The van der Waals surface area contributed by atoms with Gasteiger partial charge >= 0.3 is 11.1 Å². The molecule has 17 heavy (non-hydrogen) atoms. The third-order valence-corrected chi connectivity index (χ3v) is 3.85. The van der Waals surface area contributed by atoms with E-state index in [1.165, 1.54) is 11.8 Å². The lowest BCUT2D eigenvalue weighted by Gasteiger charge is -2.05. The fraction of sp³-hybridized carbons (Fsp3) is 0.333. The summed E-state index contributed by atoms with van der Waals surface area (Å²) in [5, 5.41) is 0.446. The molecule has 0 radical (unpaired) electrons. The first-order valence-electron chi connectivity index (χ1n) is 5.43. The van der Waals surface area contributed by atoms with Crippen molar-refractivity contribution in [2.45, 2.75) is 11.7 Å². The molecule has 1 unspecified atom stereocenters. The highest BCUT2D eigenvalue weighted by atomic mass is 32.2. The van der Waals surface area contributed by atoms with Crippen LogP contribution in [0.1, 0.15) is 6.42 Å². The Kier molecular flexibility index (Phi) is 3.68. The molecule has 1 heterocycles. The largest absolute Gasteiger partial charge is 0.465 e. The summed E-state index contributed by atoms with van der Waals surface area (Å²) in [6, 6.07) is 9.80. The van der Waals surface area contributed by atoms with Crippen LogP contribution in [0.3, 0.4) is 0 Å². The maximum Gasteiger partial charge on any atom is 0.319 e. The third-order valence-electron chi connectivity index (χ3n) is 2.62. The maximum absolute atomic E-state index is 11.3. The summed E-state index contributed by atoms with van der Waals surface area (Å²) < 4.78 is 6.78. The number of esters is 1. The van der Waals surface area contributed by atoms with Gasteiger partial charge in [0.25, 0.3) is 0 Å². The molecular weight excluding hydrogens is 236 g/mol. The normalized spacial score (nSPS) is 21.0. The summed E-state index contributed by atoms with van der Waals surface area (Å²) in [4.78, 5) is 11.3. The Labute approximate surface area is 104 Å². The maximum atomic E-state index is 11.3. The number of nitrogens with zero attached hydrogens (tertiary/aromatic N) is 1. The highest BCUT2D eigenvalue weighted by Gasteiger charge is 2.30. The van der Waals surface area contributed by atoms with Gasteiger partial charge in [0.15, 0.2) is 0 Å². The van der Waals surface area contributed by atoms with E-state index in [4.69, 9.17) is 10.5 Å². The van der Waals surface area contributed by atoms with Gasteiger partial charge in [-0.05, 0) is 23.9 Å². The van der Waals surface area contributed by atoms with Crippen LogP contribution in [0.5, 0.6) is 0 Å². The highest BCUT2D eigenvalue weighted by Crippen LogP contribution is 2.22. The van der Waals surface area contributed by atoms with E-state index in [1.54, 1.807) is 0 Å². The molecule has 2 N–H and O–H groups in total. The summed E-state index contributed by atoms with van der Waals surface area (Å²) in [6.07, 6.45) is 0.729. The molecule has 1 atom stereocenters. The molecule has 0 spiro atoms. The van der Waals surface area contributed by atoms with Crippen LogP contribution in [0.2, 0.25) is 0 Å². The minimum absolute atomic E-state index is 0.166. The van der Waals surface area contributed by atoms with Gasteiger partial charge in [-0.25, -0.2) is 4.58 Å². The lowest BCUT2D eigenvalue weighted by Crippen LogP contribution is -2.24. The van der Waals surface area contributed by atoms with Gasteiger partial charge in [-0.2, -0.15) is 0 Å². The van der Waals surface area contributed by atoms with Gasteiger partial charge in [0, 0.05) is 6.42 Å². The van der Waals surface area contributed by atoms with E-state index >= 15 is 0 Å². The quantitative estimate of drug-likeness (QED) is 0.373.